The molecule has 6 rings (SSSR count). The van der Waals surface area contributed by atoms with Gasteiger partial charge in [-0.1, -0.05) is 64.5 Å². The van der Waals surface area contributed by atoms with Gasteiger partial charge in [0.25, 0.3) is 5.69 Å². The average Bonchev–Trinajstić information content (AvgIpc) is 3.44. The third-order valence-corrected chi connectivity index (χ3v) is 8.40. The highest BCUT2D eigenvalue weighted by Crippen LogP contribution is 2.47. The van der Waals surface area contributed by atoms with Gasteiger partial charge in [0.2, 0.25) is 11.8 Å². The molecule has 10 heteroatoms. The Morgan fingerprint density at radius 2 is 1.59 bits per heavy atom. The number of anilines is 1. The van der Waals surface area contributed by atoms with Crippen molar-refractivity contribution in [2.75, 3.05) is 4.90 Å². The molecule has 0 aliphatic carbocycles. The summed E-state index contributed by atoms with van der Waals surface area (Å²) in [6.45, 7) is 1.59. The highest BCUT2D eigenvalue weighted by molar-refractivity contribution is 9.10. The predicted octanol–water partition coefficient (Wildman–Crippen LogP) is 5.04. The summed E-state index contributed by atoms with van der Waals surface area (Å²) in [5, 5.41) is 11.3. The third kappa shape index (κ3) is 4.31. The van der Waals surface area contributed by atoms with Crippen LogP contribution in [0.1, 0.15) is 26.3 Å². The fourth-order valence-corrected chi connectivity index (χ4v) is 6.24. The van der Waals surface area contributed by atoms with Crippen LogP contribution in [-0.2, 0) is 9.59 Å². The molecule has 9 nitrogen and oxygen atoms in total. The molecule has 0 radical (unpaired) electrons. The fourth-order valence-electron chi connectivity index (χ4n) is 5.98. The molecule has 2 saturated heterocycles. The van der Waals surface area contributed by atoms with Gasteiger partial charge in [-0.3, -0.25) is 29.3 Å². The number of ketones is 2. The first-order chi connectivity index (χ1) is 19.7. The van der Waals surface area contributed by atoms with Crippen LogP contribution in [0, 0.1) is 28.9 Å². The van der Waals surface area contributed by atoms with Crippen molar-refractivity contribution in [3.05, 3.63) is 128 Å². The van der Waals surface area contributed by atoms with E-state index in [0.717, 1.165) is 9.37 Å². The average molecular weight is 612 g/mol. The number of hydrogen-bond donors (Lipinski definition) is 0. The Morgan fingerprint density at radius 3 is 2.24 bits per heavy atom. The predicted molar refractivity (Wildman–Crippen MR) is 153 cm³/mol. The van der Waals surface area contributed by atoms with E-state index in [0.29, 0.717) is 22.3 Å². The highest BCUT2D eigenvalue weighted by Gasteiger charge is 2.63. The summed E-state index contributed by atoms with van der Waals surface area (Å²) in [7, 11) is 0. The second-order valence-corrected chi connectivity index (χ2v) is 11.1. The van der Waals surface area contributed by atoms with Gasteiger partial charge < -0.3 is 4.90 Å². The number of hydrogen-bond acceptors (Lipinski definition) is 7. The topological polar surface area (TPSA) is 118 Å². The maximum atomic E-state index is 14.0. The van der Waals surface area contributed by atoms with E-state index in [1.54, 1.807) is 84.8 Å². The Hall–Kier alpha value is -4.70. The molecule has 3 aromatic carbocycles. The van der Waals surface area contributed by atoms with Crippen LogP contribution < -0.4 is 4.90 Å². The molecule has 3 aromatic rings. The molecule has 4 atom stereocenters. The number of carbonyl (C=O) groups is 4. The van der Waals surface area contributed by atoms with Gasteiger partial charge in [-0.2, -0.15) is 0 Å². The number of aryl methyl sites for hydroxylation is 1. The maximum absolute atomic E-state index is 14.0. The minimum Gasteiger partial charge on any atom is -0.359 e. The summed E-state index contributed by atoms with van der Waals surface area (Å²) in [5.74, 6) is -3.60. The number of Topliss-reactive ketones (excluding diaryl/α,β-unsaturated/α-hetero) is 2. The molecule has 0 spiro atoms. The van der Waals surface area contributed by atoms with Gasteiger partial charge in [0, 0.05) is 39.5 Å². The zero-order valence-electron chi connectivity index (χ0n) is 21.6. The van der Waals surface area contributed by atoms with Crippen LogP contribution in [0.3, 0.4) is 0 Å². The Bertz CT molecular complexity index is 1700. The van der Waals surface area contributed by atoms with Gasteiger partial charge in [0.15, 0.2) is 11.6 Å². The molecule has 3 aliphatic rings. The van der Waals surface area contributed by atoms with E-state index in [-0.39, 0.29) is 22.9 Å². The Morgan fingerprint density at radius 1 is 0.902 bits per heavy atom. The molecule has 204 valence electrons. The zero-order chi connectivity index (χ0) is 29.0. The van der Waals surface area contributed by atoms with E-state index in [1.165, 1.54) is 18.2 Å². The van der Waals surface area contributed by atoms with Gasteiger partial charge in [-0.05, 0) is 36.8 Å². The van der Waals surface area contributed by atoms with Gasteiger partial charge >= 0.3 is 0 Å². The summed E-state index contributed by atoms with van der Waals surface area (Å²) < 4.78 is 0.785. The molecule has 41 heavy (non-hydrogen) atoms. The Labute approximate surface area is 243 Å². The Balaban J connectivity index is 1.44. The number of nitrogens with zero attached hydrogens (tertiary/aromatic N) is 3. The summed E-state index contributed by atoms with van der Waals surface area (Å²) in [6.07, 6.45) is 4.91. The van der Waals surface area contributed by atoms with E-state index in [2.05, 4.69) is 15.9 Å². The molecule has 0 N–H and O–H groups in total. The summed E-state index contributed by atoms with van der Waals surface area (Å²) in [6, 6.07) is 17.7. The van der Waals surface area contributed by atoms with Crippen LogP contribution in [0.15, 0.2) is 101 Å². The lowest BCUT2D eigenvalue weighted by molar-refractivity contribution is -0.384. The lowest BCUT2D eigenvalue weighted by atomic mass is 9.85. The number of carbonyl (C=O) groups excluding carboxylic acids is 4. The molecule has 2 amide bonds. The second kappa shape index (κ2) is 10.0. The first kappa shape index (κ1) is 26.5. The number of amides is 2. The molecular formula is C31H22BrN3O6. The summed E-state index contributed by atoms with van der Waals surface area (Å²) in [5.41, 5.74) is 1.67. The van der Waals surface area contributed by atoms with Crippen molar-refractivity contribution in [2.24, 2.45) is 11.8 Å². The van der Waals surface area contributed by atoms with Crippen LogP contribution in [0.25, 0.3) is 0 Å². The first-order valence-corrected chi connectivity index (χ1v) is 13.7. The van der Waals surface area contributed by atoms with Crippen molar-refractivity contribution in [1.29, 1.82) is 0 Å². The number of fused-ring (bicyclic) bond motifs is 3. The quantitative estimate of drug-likeness (QED) is 0.166. The van der Waals surface area contributed by atoms with Crippen LogP contribution >= 0.6 is 15.9 Å². The number of nitro benzene ring substituents is 1. The van der Waals surface area contributed by atoms with Gasteiger partial charge in [0.05, 0.1) is 28.5 Å². The van der Waals surface area contributed by atoms with Crippen LogP contribution in [0.5, 0.6) is 0 Å². The smallest absolute Gasteiger partial charge is 0.269 e. The third-order valence-electron chi connectivity index (χ3n) is 7.88. The number of imide groups is 1. The lowest BCUT2D eigenvalue weighted by Gasteiger charge is -2.33. The van der Waals surface area contributed by atoms with E-state index in [4.69, 9.17) is 0 Å². The molecule has 0 unspecified atom stereocenters. The maximum Gasteiger partial charge on any atom is 0.269 e. The standard InChI is InChI=1S/C31H22BrN3O6/c1-17-15-22(35(40)41)11-12-23(17)34-30(38)25-24-16-20(28(36)18-5-3-2-4-6-18)13-14-33(24)27(26(25)31(34)39)29(37)19-7-9-21(32)10-8-19/h2-16,24-27H,1H3/t24-,25+,26+,27-/m1/s1. The monoisotopic (exact) mass is 611 g/mol. The second-order valence-electron chi connectivity index (χ2n) is 10.2. The minimum atomic E-state index is -1.02. The van der Waals surface area contributed by atoms with Crippen LogP contribution in [-0.4, -0.2) is 45.3 Å². The number of nitro groups is 1. The van der Waals surface area contributed by atoms with Gasteiger partial charge in [-0.25, -0.2) is 4.90 Å². The molecule has 0 aromatic heterocycles. The largest absolute Gasteiger partial charge is 0.359 e. The number of benzene rings is 3. The zero-order valence-corrected chi connectivity index (χ0v) is 23.2. The SMILES string of the molecule is Cc1cc([N+](=O)[O-])ccc1N1C(=O)[C@@H]2[C@H](C1=O)[C@H](C(=O)c1ccc(Br)cc1)N1C=CC(C(=O)c3ccccc3)=C[C@H]21. The molecule has 2 fully saturated rings. The summed E-state index contributed by atoms with van der Waals surface area (Å²) >= 11 is 3.37. The van der Waals surface area contributed by atoms with Crippen molar-refractivity contribution < 1.29 is 24.1 Å². The normalized spacial score (nSPS) is 22.8. The van der Waals surface area contributed by atoms with E-state index in [9.17, 15) is 29.3 Å². The van der Waals surface area contributed by atoms with E-state index >= 15 is 0 Å². The van der Waals surface area contributed by atoms with Crippen LogP contribution in [0.4, 0.5) is 11.4 Å². The van der Waals surface area contributed by atoms with E-state index in [1.807, 2.05) is 0 Å². The molecular weight excluding hydrogens is 590 g/mol. The minimum absolute atomic E-state index is 0.163. The van der Waals surface area contributed by atoms with Crippen LogP contribution in [0.2, 0.25) is 0 Å². The fraction of sp³-hybridized carbons (Fsp3) is 0.161. The van der Waals surface area contributed by atoms with Crippen molar-refractivity contribution in [3.8, 4) is 0 Å². The summed E-state index contributed by atoms with van der Waals surface area (Å²) in [4.78, 5) is 68.7. The number of allylic oxidation sites excluding steroid dienone is 2. The van der Waals surface area contributed by atoms with E-state index < -0.39 is 40.7 Å². The molecule has 0 bridgehead atoms. The molecule has 3 aliphatic heterocycles. The number of halogens is 1. The first-order valence-electron chi connectivity index (χ1n) is 12.9. The highest BCUT2D eigenvalue weighted by atomic mass is 79.9. The molecule has 0 saturated carbocycles. The van der Waals surface area contributed by atoms with Gasteiger partial charge in [-0.15, -0.1) is 0 Å². The van der Waals surface area contributed by atoms with Crippen molar-refractivity contribution in [3.63, 3.8) is 0 Å². The number of rotatable bonds is 6. The van der Waals surface area contributed by atoms with Crippen molar-refractivity contribution >= 4 is 50.7 Å². The Kier molecular flexibility index (Phi) is 6.50. The lowest BCUT2D eigenvalue weighted by Crippen LogP contribution is -2.46. The molecule has 3 heterocycles. The van der Waals surface area contributed by atoms with Gasteiger partial charge in [0.1, 0.15) is 6.04 Å². The number of non-ortho nitro benzene ring substituents is 1. The van der Waals surface area contributed by atoms with Crippen molar-refractivity contribution in [1.82, 2.24) is 4.90 Å². The van der Waals surface area contributed by atoms with Crippen molar-refractivity contribution in [2.45, 2.75) is 19.0 Å².